The molecule has 1 aromatic heterocycles. The molecule has 2 atom stereocenters. The number of methoxy groups -OCH3 is 2. The minimum atomic E-state index is -1.11. The van der Waals surface area contributed by atoms with Crippen LogP contribution in [0.4, 0.5) is 5.95 Å². The van der Waals surface area contributed by atoms with E-state index in [-0.39, 0.29) is 19.1 Å². The van der Waals surface area contributed by atoms with Gasteiger partial charge >= 0.3 is 5.97 Å². The molecule has 0 fully saturated rings. The summed E-state index contributed by atoms with van der Waals surface area (Å²) < 4.78 is 24.2. The van der Waals surface area contributed by atoms with Crippen LogP contribution in [-0.4, -0.2) is 62.0 Å². The first kappa shape index (κ1) is 26.5. The first-order valence-corrected chi connectivity index (χ1v) is 12.7. The van der Waals surface area contributed by atoms with Crippen molar-refractivity contribution in [2.75, 3.05) is 45.5 Å². The third kappa shape index (κ3) is 5.27. The van der Waals surface area contributed by atoms with Crippen LogP contribution in [0.5, 0.6) is 11.5 Å². The Morgan fingerprint density at radius 2 is 1.86 bits per heavy atom. The predicted octanol–water partition coefficient (Wildman–Crippen LogP) is 4.23. The van der Waals surface area contributed by atoms with Crippen molar-refractivity contribution in [1.29, 1.82) is 0 Å². The second kappa shape index (κ2) is 11.6. The quantitative estimate of drug-likeness (QED) is 0.282. The molecule has 9 nitrogen and oxygen atoms in total. The Bertz CT molecular complexity index is 1250. The van der Waals surface area contributed by atoms with E-state index in [1.807, 2.05) is 47.0 Å². The fraction of sp³-hybridized carbons (Fsp3) is 0.464. The summed E-state index contributed by atoms with van der Waals surface area (Å²) in [6.45, 7) is 7.29. The summed E-state index contributed by atoms with van der Waals surface area (Å²) in [5.74, 6) is 0.0459. The summed E-state index contributed by atoms with van der Waals surface area (Å²) in [6, 6.07) is 12.5. The summed E-state index contributed by atoms with van der Waals surface area (Å²) in [5.41, 5.74) is 2.25. The van der Waals surface area contributed by atoms with Crippen LogP contribution in [0.15, 0.2) is 42.5 Å². The highest BCUT2D eigenvalue weighted by Crippen LogP contribution is 2.43. The topological polar surface area (TPSA) is 92.1 Å². The van der Waals surface area contributed by atoms with Gasteiger partial charge in [0, 0.05) is 7.11 Å². The standard InChI is InChI=1S/C28H35N3O6/c1-6-36-27(33)24-25(19-11-12-22(23(17-19)35-5)37-15-13-18(2)3)31-21-10-8-7-9-20(21)29-28(31)30(26(24)32)14-16-34-4/h7-12,17-18,24-25H,6,13-16H2,1-5H3/t24-,25-/m1/s1. The van der Waals surface area contributed by atoms with Gasteiger partial charge in [0.05, 0.1) is 50.6 Å². The summed E-state index contributed by atoms with van der Waals surface area (Å²) in [6.07, 6.45) is 0.911. The second-order valence-corrected chi connectivity index (χ2v) is 9.37. The van der Waals surface area contributed by atoms with Gasteiger partial charge in [0.1, 0.15) is 0 Å². The zero-order valence-electron chi connectivity index (χ0n) is 22.1. The van der Waals surface area contributed by atoms with E-state index < -0.39 is 17.9 Å². The summed E-state index contributed by atoms with van der Waals surface area (Å²) in [5, 5.41) is 0. The number of ether oxygens (including phenoxy) is 4. The third-order valence-electron chi connectivity index (χ3n) is 6.49. The summed E-state index contributed by atoms with van der Waals surface area (Å²) in [4.78, 5) is 33.5. The van der Waals surface area contributed by atoms with E-state index in [2.05, 4.69) is 13.8 Å². The molecule has 3 aromatic rings. The predicted molar refractivity (Wildman–Crippen MR) is 140 cm³/mol. The normalized spacial score (nSPS) is 17.2. The molecule has 1 aliphatic rings. The van der Waals surface area contributed by atoms with Gasteiger partial charge in [-0.25, -0.2) is 4.98 Å². The maximum atomic E-state index is 13.9. The molecule has 0 aliphatic carbocycles. The molecule has 2 heterocycles. The van der Waals surface area contributed by atoms with Crippen molar-refractivity contribution in [3.05, 3.63) is 48.0 Å². The Morgan fingerprint density at radius 3 is 2.57 bits per heavy atom. The number of carbonyl (C=O) groups excluding carboxylic acids is 2. The Labute approximate surface area is 217 Å². The molecule has 0 saturated heterocycles. The number of benzene rings is 2. The number of rotatable bonds is 11. The molecule has 9 heteroatoms. The Kier molecular flexibility index (Phi) is 8.33. The van der Waals surface area contributed by atoms with Crippen molar-refractivity contribution in [3.63, 3.8) is 0 Å². The fourth-order valence-corrected chi connectivity index (χ4v) is 4.63. The van der Waals surface area contributed by atoms with Crippen molar-refractivity contribution in [3.8, 4) is 11.5 Å². The van der Waals surface area contributed by atoms with Crippen LogP contribution in [0.2, 0.25) is 0 Å². The van der Waals surface area contributed by atoms with Gasteiger partial charge in [0.2, 0.25) is 11.9 Å². The first-order chi connectivity index (χ1) is 17.9. The minimum Gasteiger partial charge on any atom is -0.493 e. The Balaban J connectivity index is 1.87. The van der Waals surface area contributed by atoms with Crippen LogP contribution < -0.4 is 14.4 Å². The van der Waals surface area contributed by atoms with Gasteiger partial charge in [-0.05, 0) is 49.1 Å². The van der Waals surface area contributed by atoms with Crippen LogP contribution in [0, 0.1) is 11.8 Å². The third-order valence-corrected chi connectivity index (χ3v) is 6.49. The summed E-state index contributed by atoms with van der Waals surface area (Å²) >= 11 is 0. The van der Waals surface area contributed by atoms with E-state index in [0.717, 1.165) is 23.0 Å². The molecule has 0 radical (unpaired) electrons. The van der Waals surface area contributed by atoms with E-state index in [0.29, 0.717) is 36.6 Å². The number of nitrogens with zero attached hydrogens (tertiary/aromatic N) is 3. The number of anilines is 1. The molecule has 0 N–H and O–H groups in total. The molecule has 198 valence electrons. The Hall–Kier alpha value is -3.59. The highest BCUT2D eigenvalue weighted by Gasteiger charge is 2.48. The SMILES string of the molecule is CCOC(=O)[C@H]1C(=O)N(CCOC)c2nc3ccccc3n2[C@@H]1c1ccc(OCCC(C)C)c(OC)c1. The number of amides is 1. The monoisotopic (exact) mass is 509 g/mol. The number of aromatic nitrogens is 2. The van der Waals surface area contributed by atoms with Crippen LogP contribution >= 0.6 is 0 Å². The van der Waals surface area contributed by atoms with Gasteiger partial charge in [0.15, 0.2) is 17.4 Å². The van der Waals surface area contributed by atoms with Gasteiger partial charge < -0.3 is 23.5 Å². The Morgan fingerprint density at radius 1 is 1.08 bits per heavy atom. The fourth-order valence-electron chi connectivity index (χ4n) is 4.63. The average Bonchev–Trinajstić information content (AvgIpc) is 3.26. The smallest absolute Gasteiger partial charge is 0.321 e. The number of fused-ring (bicyclic) bond motifs is 3. The van der Waals surface area contributed by atoms with Gasteiger partial charge in [-0.2, -0.15) is 0 Å². The van der Waals surface area contributed by atoms with E-state index in [4.69, 9.17) is 23.9 Å². The zero-order chi connectivity index (χ0) is 26.5. The molecule has 4 rings (SSSR count). The van der Waals surface area contributed by atoms with Gasteiger partial charge in [-0.15, -0.1) is 0 Å². The largest absolute Gasteiger partial charge is 0.493 e. The average molecular weight is 510 g/mol. The molecule has 0 bridgehead atoms. The van der Waals surface area contributed by atoms with E-state index in [1.165, 1.54) is 4.90 Å². The van der Waals surface area contributed by atoms with Crippen molar-refractivity contribution in [2.45, 2.75) is 33.2 Å². The van der Waals surface area contributed by atoms with Crippen molar-refractivity contribution >= 4 is 28.9 Å². The molecule has 1 aliphatic heterocycles. The molecule has 2 aromatic carbocycles. The van der Waals surface area contributed by atoms with Crippen LogP contribution in [0.25, 0.3) is 11.0 Å². The molecule has 0 saturated carbocycles. The van der Waals surface area contributed by atoms with E-state index >= 15 is 0 Å². The maximum absolute atomic E-state index is 13.9. The van der Waals surface area contributed by atoms with Crippen LogP contribution in [-0.2, 0) is 19.1 Å². The van der Waals surface area contributed by atoms with Crippen molar-refractivity contribution < 1.29 is 28.5 Å². The molecular formula is C28H35N3O6. The molecule has 37 heavy (non-hydrogen) atoms. The lowest BCUT2D eigenvalue weighted by atomic mass is 9.89. The van der Waals surface area contributed by atoms with Gasteiger partial charge in [0.25, 0.3) is 0 Å². The van der Waals surface area contributed by atoms with E-state index in [9.17, 15) is 9.59 Å². The molecule has 0 unspecified atom stereocenters. The van der Waals surface area contributed by atoms with Crippen molar-refractivity contribution in [2.24, 2.45) is 11.8 Å². The number of carbonyl (C=O) groups is 2. The number of para-hydroxylation sites is 2. The number of esters is 1. The lowest BCUT2D eigenvalue weighted by Crippen LogP contribution is -2.51. The van der Waals surface area contributed by atoms with Gasteiger partial charge in [-0.1, -0.05) is 32.0 Å². The lowest BCUT2D eigenvalue weighted by molar-refractivity contribution is -0.153. The lowest BCUT2D eigenvalue weighted by Gasteiger charge is -2.38. The molecule has 0 spiro atoms. The molecular weight excluding hydrogens is 474 g/mol. The number of hydrogen-bond acceptors (Lipinski definition) is 7. The number of hydrogen-bond donors (Lipinski definition) is 0. The second-order valence-electron chi connectivity index (χ2n) is 9.37. The first-order valence-electron chi connectivity index (χ1n) is 12.7. The minimum absolute atomic E-state index is 0.164. The van der Waals surface area contributed by atoms with Gasteiger partial charge in [-0.3, -0.25) is 14.5 Å². The highest BCUT2D eigenvalue weighted by molar-refractivity contribution is 6.08. The van der Waals surface area contributed by atoms with Crippen LogP contribution in [0.3, 0.4) is 0 Å². The summed E-state index contributed by atoms with van der Waals surface area (Å²) in [7, 11) is 3.15. The highest BCUT2D eigenvalue weighted by atomic mass is 16.5. The van der Waals surface area contributed by atoms with E-state index in [1.54, 1.807) is 21.1 Å². The van der Waals surface area contributed by atoms with Crippen molar-refractivity contribution in [1.82, 2.24) is 9.55 Å². The zero-order valence-corrected chi connectivity index (χ0v) is 22.1. The maximum Gasteiger partial charge on any atom is 0.321 e. The van der Waals surface area contributed by atoms with Crippen LogP contribution in [0.1, 0.15) is 38.8 Å². The number of imidazole rings is 1. The molecule has 1 amide bonds.